The van der Waals surface area contributed by atoms with Crippen molar-refractivity contribution in [1.29, 1.82) is 0 Å². The van der Waals surface area contributed by atoms with E-state index in [1.165, 1.54) is 11.1 Å². The predicted molar refractivity (Wildman–Crippen MR) is 59.2 cm³/mol. The topological polar surface area (TPSA) is 46.2 Å². The van der Waals surface area contributed by atoms with Crippen molar-refractivity contribution >= 4 is 0 Å². The molecule has 0 fully saturated rings. The molecule has 0 amide bonds. The van der Waals surface area contributed by atoms with Crippen molar-refractivity contribution in [2.24, 2.45) is 5.73 Å². The summed E-state index contributed by atoms with van der Waals surface area (Å²) in [6, 6.07) is 5.96. The van der Waals surface area contributed by atoms with Crippen molar-refractivity contribution in [1.82, 2.24) is 0 Å². The van der Waals surface area contributed by atoms with Crippen molar-refractivity contribution in [3.8, 4) is 0 Å². The molecule has 78 valence electrons. The van der Waals surface area contributed by atoms with Crippen LogP contribution in [0.15, 0.2) is 18.2 Å². The molecule has 0 aliphatic carbocycles. The quantitative estimate of drug-likeness (QED) is 0.770. The average Bonchev–Trinajstić information content (AvgIpc) is 2.16. The standard InChI is InChI=1S/C12H19NO/c1-4-10-6-5-8(2)7-11(10)12(13)9(3)14/h5-7,9,12,14H,4,13H2,1-3H3. The normalized spacial score (nSPS) is 15.2. The molecule has 0 aromatic heterocycles. The molecule has 1 aromatic carbocycles. The Labute approximate surface area is 85.8 Å². The number of hydrogen-bond acceptors (Lipinski definition) is 2. The zero-order valence-electron chi connectivity index (χ0n) is 9.12. The first-order valence-corrected chi connectivity index (χ1v) is 5.09. The van der Waals surface area contributed by atoms with Crippen LogP contribution in [0, 0.1) is 6.92 Å². The maximum absolute atomic E-state index is 9.46. The Kier molecular flexibility index (Phi) is 3.67. The summed E-state index contributed by atoms with van der Waals surface area (Å²) >= 11 is 0. The Morgan fingerprint density at radius 2 is 2.07 bits per heavy atom. The van der Waals surface area contributed by atoms with E-state index in [2.05, 4.69) is 25.1 Å². The highest BCUT2D eigenvalue weighted by Crippen LogP contribution is 2.21. The molecule has 2 atom stereocenters. The molecular formula is C12H19NO. The predicted octanol–water partition coefficient (Wildman–Crippen LogP) is 1.94. The van der Waals surface area contributed by atoms with E-state index in [1.54, 1.807) is 6.92 Å². The fourth-order valence-electron chi connectivity index (χ4n) is 1.61. The molecular weight excluding hydrogens is 174 g/mol. The van der Waals surface area contributed by atoms with Gasteiger partial charge >= 0.3 is 0 Å². The van der Waals surface area contributed by atoms with Crippen LogP contribution in [0.25, 0.3) is 0 Å². The highest BCUT2D eigenvalue weighted by Gasteiger charge is 2.14. The second-order valence-electron chi connectivity index (χ2n) is 3.82. The van der Waals surface area contributed by atoms with Crippen LogP contribution in [0.4, 0.5) is 0 Å². The summed E-state index contributed by atoms with van der Waals surface area (Å²) in [5.74, 6) is 0. The summed E-state index contributed by atoms with van der Waals surface area (Å²) in [6.07, 6.45) is 0.456. The van der Waals surface area contributed by atoms with Crippen molar-refractivity contribution in [3.05, 3.63) is 34.9 Å². The molecule has 3 N–H and O–H groups in total. The third-order valence-electron chi connectivity index (χ3n) is 2.56. The Bertz CT molecular complexity index is 307. The van der Waals surface area contributed by atoms with Crippen LogP contribution < -0.4 is 5.73 Å². The molecule has 2 unspecified atom stereocenters. The van der Waals surface area contributed by atoms with Crippen LogP contribution in [0.1, 0.15) is 36.6 Å². The Hall–Kier alpha value is -0.860. The van der Waals surface area contributed by atoms with Crippen LogP contribution >= 0.6 is 0 Å². The minimum absolute atomic E-state index is 0.273. The second kappa shape index (κ2) is 4.58. The van der Waals surface area contributed by atoms with Gasteiger partial charge in [-0.15, -0.1) is 0 Å². The van der Waals surface area contributed by atoms with Crippen molar-refractivity contribution in [2.75, 3.05) is 0 Å². The molecule has 0 aliphatic rings. The third-order valence-corrected chi connectivity index (χ3v) is 2.56. The monoisotopic (exact) mass is 193 g/mol. The van der Waals surface area contributed by atoms with E-state index in [0.29, 0.717) is 0 Å². The summed E-state index contributed by atoms with van der Waals surface area (Å²) < 4.78 is 0. The highest BCUT2D eigenvalue weighted by atomic mass is 16.3. The molecule has 0 spiro atoms. The zero-order chi connectivity index (χ0) is 10.7. The summed E-state index contributed by atoms with van der Waals surface area (Å²) in [7, 11) is 0. The molecule has 0 bridgehead atoms. The Morgan fingerprint density at radius 3 is 2.57 bits per heavy atom. The van der Waals surface area contributed by atoms with Gasteiger partial charge in [-0.05, 0) is 31.4 Å². The van der Waals surface area contributed by atoms with E-state index in [-0.39, 0.29) is 6.04 Å². The minimum atomic E-state index is -0.498. The Morgan fingerprint density at radius 1 is 1.43 bits per heavy atom. The van der Waals surface area contributed by atoms with E-state index in [9.17, 15) is 5.11 Å². The summed E-state index contributed by atoms with van der Waals surface area (Å²) in [5, 5.41) is 9.46. The average molecular weight is 193 g/mol. The van der Waals surface area contributed by atoms with Crippen molar-refractivity contribution in [3.63, 3.8) is 0 Å². The molecule has 0 aliphatic heterocycles. The van der Waals surface area contributed by atoms with Gasteiger partial charge in [-0.3, -0.25) is 0 Å². The molecule has 1 rings (SSSR count). The summed E-state index contributed by atoms with van der Waals surface area (Å²) in [6.45, 7) is 5.87. The lowest BCUT2D eigenvalue weighted by Crippen LogP contribution is -2.24. The lowest BCUT2D eigenvalue weighted by Gasteiger charge is -2.19. The number of hydrogen-bond donors (Lipinski definition) is 2. The van der Waals surface area contributed by atoms with Crippen LogP contribution in [-0.4, -0.2) is 11.2 Å². The fourth-order valence-corrected chi connectivity index (χ4v) is 1.61. The van der Waals surface area contributed by atoms with Gasteiger partial charge in [0.25, 0.3) is 0 Å². The second-order valence-corrected chi connectivity index (χ2v) is 3.82. The number of aliphatic hydroxyl groups excluding tert-OH is 1. The third kappa shape index (κ3) is 2.34. The molecule has 0 saturated heterocycles. The lowest BCUT2D eigenvalue weighted by molar-refractivity contribution is 0.164. The number of benzene rings is 1. The van der Waals surface area contributed by atoms with Crippen LogP contribution in [0.2, 0.25) is 0 Å². The summed E-state index contributed by atoms with van der Waals surface area (Å²) in [4.78, 5) is 0. The van der Waals surface area contributed by atoms with Gasteiger partial charge in [0.05, 0.1) is 12.1 Å². The van der Waals surface area contributed by atoms with E-state index in [1.807, 2.05) is 6.92 Å². The number of rotatable bonds is 3. The van der Waals surface area contributed by atoms with Gasteiger partial charge in [-0.2, -0.15) is 0 Å². The molecule has 0 radical (unpaired) electrons. The first-order valence-electron chi connectivity index (χ1n) is 5.09. The first kappa shape index (κ1) is 11.2. The molecule has 0 saturated carbocycles. The zero-order valence-corrected chi connectivity index (χ0v) is 9.12. The number of nitrogens with two attached hydrogens (primary N) is 1. The smallest absolute Gasteiger partial charge is 0.0704 e. The summed E-state index contributed by atoms with van der Waals surface area (Å²) in [5.41, 5.74) is 9.42. The SMILES string of the molecule is CCc1ccc(C)cc1C(N)C(C)O. The Balaban J connectivity index is 3.10. The van der Waals surface area contributed by atoms with Gasteiger partial charge < -0.3 is 10.8 Å². The number of aryl methyl sites for hydroxylation is 2. The van der Waals surface area contributed by atoms with E-state index >= 15 is 0 Å². The molecule has 2 heteroatoms. The maximum Gasteiger partial charge on any atom is 0.0704 e. The minimum Gasteiger partial charge on any atom is -0.391 e. The highest BCUT2D eigenvalue weighted by molar-refractivity contribution is 5.34. The van der Waals surface area contributed by atoms with Gasteiger partial charge in [-0.25, -0.2) is 0 Å². The lowest BCUT2D eigenvalue weighted by atomic mass is 9.94. The van der Waals surface area contributed by atoms with Gasteiger partial charge in [0.15, 0.2) is 0 Å². The van der Waals surface area contributed by atoms with Crippen LogP contribution in [-0.2, 0) is 6.42 Å². The maximum atomic E-state index is 9.46. The van der Waals surface area contributed by atoms with Crippen molar-refractivity contribution < 1.29 is 5.11 Å². The molecule has 0 heterocycles. The van der Waals surface area contributed by atoms with Gasteiger partial charge in [-0.1, -0.05) is 30.7 Å². The largest absolute Gasteiger partial charge is 0.391 e. The molecule has 14 heavy (non-hydrogen) atoms. The fraction of sp³-hybridized carbons (Fsp3) is 0.500. The van der Waals surface area contributed by atoms with Crippen LogP contribution in [0.3, 0.4) is 0 Å². The van der Waals surface area contributed by atoms with Crippen LogP contribution in [0.5, 0.6) is 0 Å². The number of aliphatic hydroxyl groups is 1. The van der Waals surface area contributed by atoms with Crippen molar-refractivity contribution in [2.45, 2.75) is 39.3 Å². The van der Waals surface area contributed by atoms with Gasteiger partial charge in [0.2, 0.25) is 0 Å². The van der Waals surface area contributed by atoms with Gasteiger partial charge in [0, 0.05) is 0 Å². The van der Waals surface area contributed by atoms with E-state index < -0.39 is 6.10 Å². The molecule has 1 aromatic rings. The first-order chi connectivity index (χ1) is 6.56. The van der Waals surface area contributed by atoms with E-state index in [4.69, 9.17) is 5.73 Å². The van der Waals surface area contributed by atoms with Gasteiger partial charge in [0.1, 0.15) is 0 Å². The molecule has 2 nitrogen and oxygen atoms in total. The van der Waals surface area contributed by atoms with E-state index in [0.717, 1.165) is 12.0 Å².